The van der Waals surface area contributed by atoms with E-state index in [9.17, 15) is 9.90 Å². The number of aliphatic hydroxyl groups excluding tert-OH is 1. The Bertz CT molecular complexity index is 536. The number of carbonyl (C=O) groups excluding carboxylic acids is 1. The molecule has 3 rings (SSSR count). The van der Waals surface area contributed by atoms with E-state index < -0.39 is 6.10 Å². The van der Waals surface area contributed by atoms with Gasteiger partial charge in [-0.2, -0.15) is 0 Å². The van der Waals surface area contributed by atoms with Crippen LogP contribution in [0.5, 0.6) is 0 Å². The van der Waals surface area contributed by atoms with Crippen LogP contribution in [0.2, 0.25) is 0 Å². The molecule has 1 aromatic rings. The highest BCUT2D eigenvalue weighted by molar-refractivity contribution is 5.89. The second-order valence-corrected chi connectivity index (χ2v) is 7.13. The van der Waals surface area contributed by atoms with E-state index in [2.05, 4.69) is 5.32 Å². The van der Waals surface area contributed by atoms with Crippen molar-refractivity contribution in [1.29, 1.82) is 0 Å². The van der Waals surface area contributed by atoms with Crippen LogP contribution >= 0.6 is 0 Å². The molecule has 0 radical (unpaired) electrons. The summed E-state index contributed by atoms with van der Waals surface area (Å²) in [5.41, 5.74) is 1.88. The van der Waals surface area contributed by atoms with Crippen molar-refractivity contribution >= 4 is 11.7 Å². The molecular formula is C19H28N2O3. The average molecular weight is 332 g/mol. The summed E-state index contributed by atoms with van der Waals surface area (Å²) < 4.78 is 5.90. The highest BCUT2D eigenvalue weighted by Gasteiger charge is 2.31. The minimum absolute atomic E-state index is 0.190. The van der Waals surface area contributed by atoms with Gasteiger partial charge in [0.05, 0.1) is 18.8 Å². The first-order valence-electron chi connectivity index (χ1n) is 9.02. The Morgan fingerprint density at radius 3 is 2.54 bits per heavy atom. The lowest BCUT2D eigenvalue weighted by Crippen LogP contribution is -2.37. The number of hydrogen-bond donors (Lipinski definition) is 2. The number of benzene rings is 1. The molecule has 2 N–H and O–H groups in total. The molecule has 5 nitrogen and oxygen atoms in total. The molecule has 24 heavy (non-hydrogen) atoms. The molecule has 0 heterocycles. The fourth-order valence-electron chi connectivity index (χ4n) is 3.17. The van der Waals surface area contributed by atoms with Gasteiger partial charge in [-0.3, -0.25) is 0 Å². The van der Waals surface area contributed by atoms with Crippen molar-refractivity contribution < 1.29 is 14.6 Å². The van der Waals surface area contributed by atoms with E-state index in [1.807, 2.05) is 24.3 Å². The standard InChI is InChI=1S/C19H28N2O3/c1-21(12-18(22)15-8-9-15)19(23)20-16-10-6-14(7-11-16)13-24-17-4-2-3-5-17/h6-7,10-11,15,17-18,22H,2-5,8-9,12-13H2,1H3,(H,20,23). The monoisotopic (exact) mass is 332 g/mol. The fourth-order valence-corrected chi connectivity index (χ4v) is 3.17. The van der Waals surface area contributed by atoms with E-state index in [1.54, 1.807) is 11.9 Å². The fraction of sp³-hybridized carbons (Fsp3) is 0.632. The summed E-state index contributed by atoms with van der Waals surface area (Å²) in [6, 6.07) is 7.59. The second kappa shape index (κ2) is 7.99. The predicted octanol–water partition coefficient (Wildman–Crippen LogP) is 3.38. The number of aliphatic hydroxyl groups is 1. The SMILES string of the molecule is CN(CC(O)C1CC1)C(=O)Nc1ccc(COC2CCCC2)cc1. The minimum atomic E-state index is -0.407. The highest BCUT2D eigenvalue weighted by atomic mass is 16.5. The second-order valence-electron chi connectivity index (χ2n) is 7.13. The number of rotatable bonds is 7. The lowest BCUT2D eigenvalue weighted by molar-refractivity contribution is 0.0457. The van der Waals surface area contributed by atoms with Gasteiger partial charge in [-0.05, 0) is 49.3 Å². The predicted molar refractivity (Wildman–Crippen MR) is 93.9 cm³/mol. The molecule has 0 bridgehead atoms. The molecule has 2 saturated carbocycles. The Hall–Kier alpha value is -1.59. The van der Waals surface area contributed by atoms with E-state index in [1.165, 1.54) is 25.7 Å². The topological polar surface area (TPSA) is 61.8 Å². The van der Waals surface area contributed by atoms with Crippen LogP contribution in [0.4, 0.5) is 10.5 Å². The van der Waals surface area contributed by atoms with Gasteiger partial charge in [0.25, 0.3) is 0 Å². The maximum atomic E-state index is 12.2. The normalized spacial score (nSPS) is 19.2. The van der Waals surface area contributed by atoms with Gasteiger partial charge in [-0.25, -0.2) is 4.79 Å². The van der Waals surface area contributed by atoms with Crippen molar-refractivity contribution in [3.05, 3.63) is 29.8 Å². The Balaban J connectivity index is 1.43. The number of nitrogens with one attached hydrogen (secondary N) is 1. The van der Waals surface area contributed by atoms with Gasteiger partial charge in [0, 0.05) is 19.3 Å². The minimum Gasteiger partial charge on any atom is -0.391 e. The molecule has 0 spiro atoms. The Morgan fingerprint density at radius 2 is 1.92 bits per heavy atom. The van der Waals surface area contributed by atoms with E-state index in [4.69, 9.17) is 4.74 Å². The zero-order valence-corrected chi connectivity index (χ0v) is 14.4. The summed E-state index contributed by atoms with van der Waals surface area (Å²) in [5.74, 6) is 0.374. The quantitative estimate of drug-likeness (QED) is 0.804. The zero-order chi connectivity index (χ0) is 16.9. The molecule has 2 fully saturated rings. The van der Waals surface area contributed by atoms with Crippen LogP contribution in [0.3, 0.4) is 0 Å². The summed E-state index contributed by atoms with van der Waals surface area (Å²) in [4.78, 5) is 13.7. The number of anilines is 1. The summed E-state index contributed by atoms with van der Waals surface area (Å²) in [7, 11) is 1.71. The number of nitrogens with zero attached hydrogens (tertiary/aromatic N) is 1. The van der Waals surface area contributed by atoms with E-state index in [0.29, 0.717) is 25.2 Å². The van der Waals surface area contributed by atoms with Crippen LogP contribution in [0.1, 0.15) is 44.1 Å². The molecule has 1 aromatic carbocycles. The first kappa shape index (κ1) is 17.2. The third-order valence-electron chi connectivity index (χ3n) is 4.97. The number of ether oxygens (including phenoxy) is 1. The first-order valence-corrected chi connectivity index (χ1v) is 9.02. The maximum absolute atomic E-state index is 12.2. The molecule has 1 atom stereocenters. The Labute approximate surface area is 144 Å². The third kappa shape index (κ3) is 4.95. The Kier molecular flexibility index (Phi) is 5.74. The molecule has 5 heteroatoms. The average Bonchev–Trinajstić information content (AvgIpc) is 3.31. The molecule has 132 valence electrons. The van der Waals surface area contributed by atoms with Crippen molar-refractivity contribution in [2.24, 2.45) is 5.92 Å². The summed E-state index contributed by atoms with van der Waals surface area (Å²) >= 11 is 0. The maximum Gasteiger partial charge on any atom is 0.321 e. The van der Waals surface area contributed by atoms with Gasteiger partial charge < -0.3 is 20.1 Å². The molecule has 2 amide bonds. The molecule has 1 unspecified atom stereocenters. The van der Waals surface area contributed by atoms with Gasteiger partial charge in [0.1, 0.15) is 0 Å². The number of likely N-dealkylation sites (N-methyl/N-ethyl adjacent to an activating group) is 1. The molecular weight excluding hydrogens is 304 g/mol. The van der Waals surface area contributed by atoms with Crippen LogP contribution < -0.4 is 5.32 Å². The lowest BCUT2D eigenvalue weighted by Gasteiger charge is -2.21. The first-order chi connectivity index (χ1) is 11.6. The molecule has 2 aliphatic rings. The summed E-state index contributed by atoms with van der Waals surface area (Å²) in [5, 5.41) is 12.8. The Morgan fingerprint density at radius 1 is 1.25 bits per heavy atom. The van der Waals surface area contributed by atoms with Crippen molar-refractivity contribution in [3.8, 4) is 0 Å². The third-order valence-corrected chi connectivity index (χ3v) is 4.97. The molecule has 2 aliphatic carbocycles. The van der Waals surface area contributed by atoms with Crippen LogP contribution in [0, 0.1) is 5.92 Å². The van der Waals surface area contributed by atoms with E-state index in [-0.39, 0.29) is 6.03 Å². The molecule has 0 aromatic heterocycles. The van der Waals surface area contributed by atoms with E-state index in [0.717, 1.165) is 24.1 Å². The van der Waals surface area contributed by atoms with Gasteiger partial charge in [-0.15, -0.1) is 0 Å². The summed E-state index contributed by atoms with van der Waals surface area (Å²) in [6.45, 7) is 1.01. The van der Waals surface area contributed by atoms with Gasteiger partial charge in [0.15, 0.2) is 0 Å². The van der Waals surface area contributed by atoms with Crippen molar-refractivity contribution in [1.82, 2.24) is 4.90 Å². The highest BCUT2D eigenvalue weighted by Crippen LogP contribution is 2.32. The number of carbonyl (C=O) groups is 1. The number of amides is 2. The van der Waals surface area contributed by atoms with E-state index >= 15 is 0 Å². The largest absolute Gasteiger partial charge is 0.391 e. The van der Waals surface area contributed by atoms with Gasteiger partial charge in [0.2, 0.25) is 0 Å². The smallest absolute Gasteiger partial charge is 0.321 e. The number of urea groups is 1. The molecule has 0 saturated heterocycles. The van der Waals surface area contributed by atoms with Crippen LogP contribution in [-0.2, 0) is 11.3 Å². The van der Waals surface area contributed by atoms with Gasteiger partial charge in [-0.1, -0.05) is 25.0 Å². The lowest BCUT2D eigenvalue weighted by atomic mass is 10.2. The number of hydrogen-bond acceptors (Lipinski definition) is 3. The molecule has 0 aliphatic heterocycles. The van der Waals surface area contributed by atoms with Crippen molar-refractivity contribution in [2.75, 3.05) is 18.9 Å². The summed E-state index contributed by atoms with van der Waals surface area (Å²) in [6.07, 6.45) is 7.05. The van der Waals surface area contributed by atoms with Crippen LogP contribution in [0.15, 0.2) is 24.3 Å². The zero-order valence-electron chi connectivity index (χ0n) is 14.4. The van der Waals surface area contributed by atoms with Crippen LogP contribution in [0.25, 0.3) is 0 Å². The van der Waals surface area contributed by atoms with Crippen molar-refractivity contribution in [2.45, 2.75) is 57.3 Å². The van der Waals surface area contributed by atoms with Crippen LogP contribution in [-0.4, -0.2) is 41.8 Å². The van der Waals surface area contributed by atoms with Gasteiger partial charge >= 0.3 is 6.03 Å². The van der Waals surface area contributed by atoms with Crippen molar-refractivity contribution in [3.63, 3.8) is 0 Å².